The molecule has 0 rings (SSSR count). The van der Waals surface area contributed by atoms with E-state index >= 15 is 0 Å². The second kappa shape index (κ2) is 34.0. The maximum atomic E-state index is 12.6. The van der Waals surface area contributed by atoms with Gasteiger partial charge in [-0.1, -0.05) is 172 Å². The van der Waals surface area contributed by atoms with E-state index < -0.39 is 40.0 Å². The molecule has 48 heavy (non-hydrogen) atoms. The molecule has 0 aromatic carbocycles. The Bertz CT molecular complexity index is 917. The summed E-state index contributed by atoms with van der Waals surface area (Å²) in [5, 5.41) is 23.3. The molecular formula is C40H75NO6S. The lowest BCUT2D eigenvalue weighted by Crippen LogP contribution is -2.50. The predicted molar refractivity (Wildman–Crippen MR) is 204 cm³/mol. The molecule has 0 radical (unpaired) electrons. The lowest BCUT2D eigenvalue weighted by atomic mass is 10.0. The van der Waals surface area contributed by atoms with Crippen LogP contribution in [0.2, 0.25) is 0 Å². The van der Waals surface area contributed by atoms with Crippen LogP contribution < -0.4 is 5.32 Å². The highest BCUT2D eigenvalue weighted by Crippen LogP contribution is 2.14. The first-order valence-corrected chi connectivity index (χ1v) is 21.4. The van der Waals surface area contributed by atoms with Gasteiger partial charge in [-0.2, -0.15) is 8.42 Å². The van der Waals surface area contributed by atoms with E-state index in [1.54, 1.807) is 6.08 Å². The van der Waals surface area contributed by atoms with Crippen molar-refractivity contribution in [2.45, 2.75) is 205 Å². The van der Waals surface area contributed by atoms with Crippen molar-refractivity contribution in [2.24, 2.45) is 0 Å². The van der Waals surface area contributed by atoms with Gasteiger partial charge in [-0.25, -0.2) is 0 Å². The summed E-state index contributed by atoms with van der Waals surface area (Å²) in [7, 11) is -4.44. The van der Waals surface area contributed by atoms with Crippen molar-refractivity contribution >= 4 is 16.0 Å². The molecule has 4 N–H and O–H groups in total. The average Bonchev–Trinajstić information content (AvgIpc) is 3.05. The van der Waals surface area contributed by atoms with E-state index in [4.69, 9.17) is 0 Å². The second-order valence-corrected chi connectivity index (χ2v) is 15.2. The maximum Gasteiger partial charge on any atom is 0.267 e. The summed E-state index contributed by atoms with van der Waals surface area (Å²) in [5.41, 5.74) is 0. The second-order valence-electron chi connectivity index (χ2n) is 13.7. The standard InChI is InChI=1S/C40H75NO6S/c1-3-5-7-9-11-13-15-17-19-21-23-25-27-29-31-33-35-39(43)40(44)41-37(36-48(45,46)47)38(42)34-32-30-28-26-24-22-20-18-16-14-12-10-8-6-4-2/h11,13,17,19,32,34,37-39,42-43H,3-10,12,14-16,18,20-31,33,35-36H2,1-2H3,(H,41,44)(H,45,46,47)/b13-11-,19-17-,34-32+. The Morgan fingerprint density at radius 1 is 0.583 bits per heavy atom. The molecule has 0 saturated carbocycles. The number of aliphatic hydroxyl groups excluding tert-OH is 2. The zero-order chi connectivity index (χ0) is 35.6. The fourth-order valence-corrected chi connectivity index (χ4v) is 6.57. The molecule has 7 nitrogen and oxygen atoms in total. The van der Waals surface area contributed by atoms with Gasteiger partial charge < -0.3 is 15.5 Å². The Balaban J connectivity index is 4.10. The third kappa shape index (κ3) is 33.0. The van der Waals surface area contributed by atoms with Gasteiger partial charge in [0.15, 0.2) is 0 Å². The van der Waals surface area contributed by atoms with Crippen molar-refractivity contribution in [2.75, 3.05) is 5.75 Å². The van der Waals surface area contributed by atoms with Crippen LogP contribution in [-0.4, -0.2) is 53.1 Å². The summed E-state index contributed by atoms with van der Waals surface area (Å²) in [4.78, 5) is 12.6. The van der Waals surface area contributed by atoms with Crippen molar-refractivity contribution in [1.82, 2.24) is 5.32 Å². The minimum Gasteiger partial charge on any atom is -0.387 e. The number of hydrogen-bond acceptors (Lipinski definition) is 5. The lowest BCUT2D eigenvalue weighted by Gasteiger charge is -2.22. The summed E-state index contributed by atoms with van der Waals surface area (Å²) >= 11 is 0. The summed E-state index contributed by atoms with van der Waals surface area (Å²) in [6, 6.07) is -1.24. The molecule has 0 aliphatic heterocycles. The zero-order valence-corrected chi connectivity index (χ0v) is 31.8. The van der Waals surface area contributed by atoms with Crippen molar-refractivity contribution in [3.05, 3.63) is 36.5 Å². The van der Waals surface area contributed by atoms with Gasteiger partial charge in [0.25, 0.3) is 10.1 Å². The van der Waals surface area contributed by atoms with E-state index in [0.717, 1.165) is 64.2 Å². The highest BCUT2D eigenvalue weighted by molar-refractivity contribution is 7.85. The number of amides is 1. The van der Waals surface area contributed by atoms with Crippen molar-refractivity contribution in [3.8, 4) is 0 Å². The summed E-state index contributed by atoms with van der Waals surface area (Å²) < 4.78 is 32.5. The topological polar surface area (TPSA) is 124 Å². The summed E-state index contributed by atoms with van der Waals surface area (Å²) in [6.07, 6.45) is 40.5. The maximum absolute atomic E-state index is 12.6. The van der Waals surface area contributed by atoms with Crippen molar-refractivity contribution < 1.29 is 28.0 Å². The third-order valence-corrected chi connectivity index (χ3v) is 9.70. The number of nitrogens with one attached hydrogen (secondary N) is 1. The first kappa shape index (κ1) is 46.5. The number of carbonyl (C=O) groups is 1. The smallest absolute Gasteiger partial charge is 0.267 e. The first-order valence-electron chi connectivity index (χ1n) is 19.8. The van der Waals surface area contributed by atoms with E-state index in [1.165, 1.54) is 102 Å². The van der Waals surface area contributed by atoms with E-state index in [-0.39, 0.29) is 6.42 Å². The van der Waals surface area contributed by atoms with Crippen LogP contribution in [0.5, 0.6) is 0 Å². The Kier molecular flexibility index (Phi) is 32.9. The first-order chi connectivity index (χ1) is 23.2. The predicted octanol–water partition coefficient (Wildman–Crippen LogP) is 10.3. The molecule has 0 bridgehead atoms. The zero-order valence-electron chi connectivity index (χ0n) is 31.0. The molecule has 0 heterocycles. The van der Waals surface area contributed by atoms with E-state index in [9.17, 15) is 28.0 Å². The number of aliphatic hydroxyl groups is 2. The van der Waals surface area contributed by atoms with Crippen LogP contribution in [0.15, 0.2) is 36.5 Å². The molecule has 3 atom stereocenters. The van der Waals surface area contributed by atoms with E-state index in [2.05, 4.69) is 43.5 Å². The van der Waals surface area contributed by atoms with Crippen molar-refractivity contribution in [3.63, 3.8) is 0 Å². The number of carbonyl (C=O) groups excluding carboxylic acids is 1. The lowest BCUT2D eigenvalue weighted by molar-refractivity contribution is -0.130. The van der Waals surface area contributed by atoms with Gasteiger partial charge >= 0.3 is 0 Å². The minimum atomic E-state index is -4.44. The van der Waals surface area contributed by atoms with Gasteiger partial charge in [0.2, 0.25) is 5.91 Å². The molecule has 282 valence electrons. The van der Waals surface area contributed by atoms with Crippen molar-refractivity contribution in [1.29, 1.82) is 0 Å². The number of unbranched alkanes of at least 4 members (excludes halogenated alkanes) is 22. The SMILES string of the molecule is CCCCC/C=C\C/C=C\CCCCCCCCC(O)C(=O)NC(CS(=O)(=O)O)C(O)/C=C/CCCCCCCCCCCCCCC. The van der Waals surface area contributed by atoms with Gasteiger partial charge in [0.1, 0.15) is 6.10 Å². The van der Waals surface area contributed by atoms with Crippen LogP contribution in [0.4, 0.5) is 0 Å². The van der Waals surface area contributed by atoms with Gasteiger partial charge in [0.05, 0.1) is 17.9 Å². The van der Waals surface area contributed by atoms with Gasteiger partial charge in [0, 0.05) is 0 Å². The normalized spacial score (nSPS) is 14.4. The molecule has 0 aromatic heterocycles. The Morgan fingerprint density at radius 3 is 1.46 bits per heavy atom. The molecule has 0 aliphatic rings. The minimum absolute atomic E-state index is 0.268. The van der Waals surface area contributed by atoms with E-state index in [1.807, 2.05) is 0 Å². The average molecular weight is 698 g/mol. The molecule has 0 spiro atoms. The Hall–Kier alpha value is -1.48. The monoisotopic (exact) mass is 698 g/mol. The Morgan fingerprint density at radius 2 is 0.979 bits per heavy atom. The molecule has 1 amide bonds. The Labute approximate surface area is 296 Å². The van der Waals surface area contributed by atoms with Crippen LogP contribution in [0.25, 0.3) is 0 Å². The van der Waals surface area contributed by atoms with E-state index in [0.29, 0.717) is 6.42 Å². The number of allylic oxidation sites excluding steroid dienone is 5. The number of hydrogen-bond donors (Lipinski definition) is 4. The molecule has 3 unspecified atom stereocenters. The van der Waals surface area contributed by atoms with Crippen LogP contribution >= 0.6 is 0 Å². The van der Waals surface area contributed by atoms with Crippen LogP contribution in [-0.2, 0) is 14.9 Å². The molecule has 0 aromatic rings. The van der Waals surface area contributed by atoms with Gasteiger partial charge in [-0.3, -0.25) is 9.35 Å². The summed E-state index contributed by atoms with van der Waals surface area (Å²) in [5.74, 6) is -1.55. The quantitative estimate of drug-likeness (QED) is 0.0297. The van der Waals surface area contributed by atoms with Gasteiger partial charge in [-0.05, 0) is 51.4 Å². The third-order valence-electron chi connectivity index (χ3n) is 8.92. The van der Waals surface area contributed by atoms with Crippen LogP contribution in [0.1, 0.15) is 187 Å². The summed E-state index contributed by atoms with van der Waals surface area (Å²) in [6.45, 7) is 4.47. The molecule has 0 fully saturated rings. The van der Waals surface area contributed by atoms with Gasteiger partial charge in [-0.15, -0.1) is 0 Å². The highest BCUT2D eigenvalue weighted by atomic mass is 32.2. The fraction of sp³-hybridized carbons (Fsp3) is 0.825. The largest absolute Gasteiger partial charge is 0.387 e. The fourth-order valence-electron chi connectivity index (χ4n) is 5.84. The molecular weight excluding hydrogens is 623 g/mol. The van der Waals surface area contributed by atoms with Crippen LogP contribution in [0, 0.1) is 0 Å². The number of rotatable bonds is 35. The highest BCUT2D eigenvalue weighted by Gasteiger charge is 2.27. The molecule has 0 saturated heterocycles. The molecule has 8 heteroatoms. The van der Waals surface area contributed by atoms with Crippen LogP contribution in [0.3, 0.4) is 0 Å². The molecule has 0 aliphatic carbocycles.